The Bertz CT molecular complexity index is 658. The van der Waals surface area contributed by atoms with Crippen molar-refractivity contribution in [2.24, 2.45) is 0 Å². The first kappa shape index (κ1) is 12.8. The highest BCUT2D eigenvalue weighted by molar-refractivity contribution is 6.12. The van der Waals surface area contributed by atoms with E-state index >= 15 is 0 Å². The molecule has 0 atom stereocenters. The molecule has 2 aromatic rings. The Morgan fingerprint density at radius 2 is 1.95 bits per heavy atom. The number of ether oxygens (including phenoxy) is 1. The van der Waals surface area contributed by atoms with E-state index in [1.54, 1.807) is 24.3 Å². The van der Waals surface area contributed by atoms with Crippen molar-refractivity contribution in [1.82, 2.24) is 0 Å². The largest absolute Gasteiger partial charge is 0.478 e. The van der Waals surface area contributed by atoms with Crippen LogP contribution >= 0.6 is 0 Å². The van der Waals surface area contributed by atoms with Crippen LogP contribution in [0.2, 0.25) is 0 Å². The lowest BCUT2D eigenvalue weighted by molar-refractivity contribution is 0.0537. The molecule has 0 saturated heterocycles. The van der Waals surface area contributed by atoms with Crippen LogP contribution in [0.4, 0.5) is 0 Å². The third kappa shape index (κ3) is 2.47. The number of carboxylic acids is 1. The Kier molecular flexibility index (Phi) is 3.61. The molecule has 0 aliphatic heterocycles. The van der Waals surface area contributed by atoms with Crippen LogP contribution in [0.25, 0.3) is 10.8 Å². The molecule has 0 bridgehead atoms. The topological polar surface area (TPSA) is 63.6 Å². The molecule has 1 N–H and O–H groups in total. The third-order valence-electron chi connectivity index (χ3n) is 2.70. The highest BCUT2D eigenvalue weighted by atomic mass is 16.5. The fourth-order valence-electron chi connectivity index (χ4n) is 1.88. The maximum absolute atomic E-state index is 11.8. The molecule has 0 unspecified atom stereocenters. The van der Waals surface area contributed by atoms with Gasteiger partial charge in [-0.3, -0.25) is 0 Å². The van der Waals surface area contributed by atoms with Crippen LogP contribution in [0.5, 0.6) is 0 Å². The molecule has 2 rings (SSSR count). The second kappa shape index (κ2) is 5.35. The van der Waals surface area contributed by atoms with Crippen LogP contribution in [0.1, 0.15) is 20.7 Å². The molecule has 0 radical (unpaired) electrons. The van der Waals surface area contributed by atoms with Crippen LogP contribution < -0.4 is 0 Å². The molecule has 0 aliphatic rings. The van der Waals surface area contributed by atoms with Gasteiger partial charge in [-0.15, -0.1) is 0 Å². The van der Waals surface area contributed by atoms with Crippen molar-refractivity contribution in [2.75, 3.05) is 6.61 Å². The fourth-order valence-corrected chi connectivity index (χ4v) is 1.88. The molecule has 2 aromatic carbocycles. The van der Waals surface area contributed by atoms with E-state index in [2.05, 4.69) is 6.58 Å². The molecular weight excluding hydrogens is 244 g/mol. The number of aromatic carboxylic acids is 1. The first-order valence-electron chi connectivity index (χ1n) is 5.68. The minimum Gasteiger partial charge on any atom is -0.478 e. The second-order valence-corrected chi connectivity index (χ2v) is 3.90. The summed E-state index contributed by atoms with van der Waals surface area (Å²) in [5, 5.41) is 10.6. The van der Waals surface area contributed by atoms with Crippen LogP contribution in [0.3, 0.4) is 0 Å². The quantitative estimate of drug-likeness (QED) is 0.674. The summed E-state index contributed by atoms with van der Waals surface area (Å²) in [5.41, 5.74) is 0.0141. The molecule has 0 saturated carbocycles. The monoisotopic (exact) mass is 256 g/mol. The van der Waals surface area contributed by atoms with Gasteiger partial charge in [0.15, 0.2) is 0 Å². The number of fused-ring (bicyclic) bond motifs is 1. The van der Waals surface area contributed by atoms with Gasteiger partial charge in [0.2, 0.25) is 0 Å². The molecule has 0 aliphatic carbocycles. The van der Waals surface area contributed by atoms with Gasteiger partial charge in [0.05, 0.1) is 11.1 Å². The maximum Gasteiger partial charge on any atom is 0.339 e. The van der Waals surface area contributed by atoms with Crippen molar-refractivity contribution in [3.63, 3.8) is 0 Å². The van der Waals surface area contributed by atoms with Crippen LogP contribution in [0.15, 0.2) is 49.1 Å². The number of esters is 1. The third-order valence-corrected chi connectivity index (χ3v) is 2.70. The first-order chi connectivity index (χ1) is 9.15. The smallest absolute Gasteiger partial charge is 0.339 e. The zero-order valence-electron chi connectivity index (χ0n) is 10.1. The van der Waals surface area contributed by atoms with Gasteiger partial charge in [0, 0.05) is 0 Å². The summed E-state index contributed by atoms with van der Waals surface area (Å²) >= 11 is 0. The van der Waals surface area contributed by atoms with Gasteiger partial charge in [0.1, 0.15) is 6.61 Å². The van der Waals surface area contributed by atoms with E-state index in [-0.39, 0.29) is 17.7 Å². The van der Waals surface area contributed by atoms with E-state index in [4.69, 9.17) is 4.74 Å². The predicted octanol–water partition coefficient (Wildman–Crippen LogP) is 2.88. The summed E-state index contributed by atoms with van der Waals surface area (Å²) in [4.78, 5) is 23.2. The average molecular weight is 256 g/mol. The molecular formula is C15H12O4. The number of carbonyl (C=O) groups is 2. The molecule has 0 fully saturated rings. The number of rotatable bonds is 4. The van der Waals surface area contributed by atoms with E-state index in [1.165, 1.54) is 12.1 Å². The normalized spacial score (nSPS) is 10.1. The van der Waals surface area contributed by atoms with E-state index in [0.717, 1.165) is 5.39 Å². The molecule has 96 valence electrons. The van der Waals surface area contributed by atoms with Crippen molar-refractivity contribution >= 4 is 22.7 Å². The van der Waals surface area contributed by atoms with E-state index < -0.39 is 11.9 Å². The summed E-state index contributed by atoms with van der Waals surface area (Å²) in [5.74, 6) is -1.81. The average Bonchev–Trinajstić information content (AvgIpc) is 2.43. The van der Waals surface area contributed by atoms with Gasteiger partial charge in [-0.2, -0.15) is 0 Å². The SMILES string of the molecule is C=CCOC(=O)c1ccc2ccccc2c1C(=O)O. The number of carbonyl (C=O) groups excluding carboxylic acids is 1. The highest BCUT2D eigenvalue weighted by Crippen LogP contribution is 2.23. The lowest BCUT2D eigenvalue weighted by Crippen LogP contribution is -2.12. The van der Waals surface area contributed by atoms with Crippen molar-refractivity contribution in [3.05, 3.63) is 60.2 Å². The Morgan fingerprint density at radius 3 is 2.63 bits per heavy atom. The zero-order chi connectivity index (χ0) is 13.8. The minimum atomic E-state index is -1.15. The van der Waals surface area contributed by atoms with Gasteiger partial charge in [-0.25, -0.2) is 9.59 Å². The highest BCUT2D eigenvalue weighted by Gasteiger charge is 2.20. The molecule has 0 spiro atoms. The van der Waals surface area contributed by atoms with Gasteiger partial charge in [-0.05, 0) is 16.8 Å². The van der Waals surface area contributed by atoms with Crippen LogP contribution in [-0.4, -0.2) is 23.7 Å². The number of hydrogen-bond acceptors (Lipinski definition) is 3. The zero-order valence-corrected chi connectivity index (χ0v) is 10.1. The van der Waals surface area contributed by atoms with Crippen LogP contribution in [0, 0.1) is 0 Å². The summed E-state index contributed by atoms with van der Waals surface area (Å²) in [7, 11) is 0. The lowest BCUT2D eigenvalue weighted by Gasteiger charge is -2.08. The first-order valence-corrected chi connectivity index (χ1v) is 5.68. The van der Waals surface area contributed by atoms with Gasteiger partial charge >= 0.3 is 11.9 Å². The van der Waals surface area contributed by atoms with Gasteiger partial charge < -0.3 is 9.84 Å². The summed E-state index contributed by atoms with van der Waals surface area (Å²) < 4.78 is 4.90. The molecule has 4 heteroatoms. The van der Waals surface area contributed by atoms with Crippen molar-refractivity contribution in [2.45, 2.75) is 0 Å². The summed E-state index contributed by atoms with van der Waals surface area (Å²) in [6.07, 6.45) is 1.43. The van der Waals surface area contributed by atoms with Crippen molar-refractivity contribution in [3.8, 4) is 0 Å². The predicted molar refractivity (Wildman–Crippen MR) is 71.4 cm³/mol. The van der Waals surface area contributed by atoms with E-state index in [9.17, 15) is 14.7 Å². The van der Waals surface area contributed by atoms with Crippen LogP contribution in [-0.2, 0) is 4.74 Å². The molecule has 19 heavy (non-hydrogen) atoms. The molecule has 4 nitrogen and oxygen atoms in total. The number of hydrogen-bond donors (Lipinski definition) is 1. The molecule has 0 heterocycles. The lowest BCUT2D eigenvalue weighted by atomic mass is 9.99. The van der Waals surface area contributed by atoms with Gasteiger partial charge in [-0.1, -0.05) is 43.0 Å². The minimum absolute atomic E-state index is 0.0350. The number of benzene rings is 2. The van der Waals surface area contributed by atoms with Crippen molar-refractivity contribution in [1.29, 1.82) is 0 Å². The summed E-state index contributed by atoms with van der Waals surface area (Å²) in [6, 6.07) is 10.2. The molecule has 0 amide bonds. The maximum atomic E-state index is 11.8. The standard InChI is InChI=1S/C15H12O4/c1-2-9-19-15(18)12-8-7-10-5-3-4-6-11(10)13(12)14(16)17/h2-8H,1,9H2,(H,16,17). The van der Waals surface area contributed by atoms with Crippen molar-refractivity contribution < 1.29 is 19.4 Å². The Hall–Kier alpha value is -2.62. The molecule has 0 aromatic heterocycles. The van der Waals surface area contributed by atoms with E-state index in [0.29, 0.717) is 5.39 Å². The Labute approximate surface area is 109 Å². The Balaban J connectivity index is 2.61. The Morgan fingerprint density at radius 1 is 1.21 bits per heavy atom. The van der Waals surface area contributed by atoms with E-state index in [1.807, 2.05) is 6.07 Å². The van der Waals surface area contributed by atoms with Gasteiger partial charge in [0.25, 0.3) is 0 Å². The second-order valence-electron chi connectivity index (χ2n) is 3.90. The number of carboxylic acid groups (broad SMARTS) is 1. The summed E-state index contributed by atoms with van der Waals surface area (Å²) in [6.45, 7) is 3.49. The fraction of sp³-hybridized carbons (Fsp3) is 0.0667.